The quantitative estimate of drug-likeness (QED) is 0.135. The largest absolute Gasteiger partial charge is 0.463 e. The zero-order valence-electron chi connectivity index (χ0n) is 19.8. The van der Waals surface area contributed by atoms with E-state index in [0.29, 0.717) is 31.6 Å². The molecule has 0 aliphatic heterocycles. The van der Waals surface area contributed by atoms with Gasteiger partial charge in [0.15, 0.2) is 0 Å². The van der Waals surface area contributed by atoms with E-state index in [1.807, 2.05) is 24.3 Å². The van der Waals surface area contributed by atoms with E-state index >= 15 is 0 Å². The van der Waals surface area contributed by atoms with Crippen LogP contribution in [0.25, 0.3) is 0 Å². The number of carbonyl (C=O) groups is 2. The van der Waals surface area contributed by atoms with E-state index in [1.165, 1.54) is 11.1 Å². The van der Waals surface area contributed by atoms with Gasteiger partial charge in [-0.15, -0.1) is 0 Å². The van der Waals surface area contributed by atoms with Crippen LogP contribution in [0, 0.1) is 13.8 Å². The molecule has 176 valence electrons. The highest BCUT2D eigenvalue weighted by Crippen LogP contribution is 2.35. The number of anilines is 3. The lowest BCUT2D eigenvalue weighted by Crippen LogP contribution is -2.11. The lowest BCUT2D eigenvalue weighted by Gasteiger charge is -2.26. The third-order valence-electron chi connectivity index (χ3n) is 5.35. The molecule has 5 heteroatoms. The Kier molecular flexibility index (Phi) is 9.04. The van der Waals surface area contributed by atoms with Crippen LogP contribution in [0.15, 0.2) is 85.5 Å². The zero-order chi connectivity index (χ0) is 24.3. The van der Waals surface area contributed by atoms with Gasteiger partial charge in [-0.05, 0) is 81.6 Å². The molecule has 0 heterocycles. The number of rotatable bonds is 11. The Hall–Kier alpha value is -3.86. The smallest absolute Gasteiger partial charge is 0.330 e. The van der Waals surface area contributed by atoms with Gasteiger partial charge in [-0.3, -0.25) is 4.79 Å². The molecule has 0 N–H and O–H groups in total. The molecule has 0 aliphatic rings. The first-order chi connectivity index (χ1) is 16.5. The Bertz CT molecular complexity index is 1040. The Balaban J connectivity index is 1.61. The predicted octanol–water partition coefficient (Wildman–Crippen LogP) is 6.97. The molecule has 0 radical (unpaired) electrons. The van der Waals surface area contributed by atoms with Crippen molar-refractivity contribution in [2.45, 2.75) is 39.5 Å². The Morgan fingerprint density at radius 2 is 1.26 bits per heavy atom. The molecular formula is C29H31NO4. The molecular weight excluding hydrogens is 426 g/mol. The molecule has 0 spiro atoms. The second-order valence-electron chi connectivity index (χ2n) is 8.16. The van der Waals surface area contributed by atoms with Crippen molar-refractivity contribution in [3.05, 3.63) is 96.6 Å². The molecule has 0 saturated carbocycles. The number of aryl methyl sites for hydroxylation is 2. The third kappa shape index (κ3) is 7.34. The fraction of sp³-hybridized carbons (Fsp3) is 0.241. The SMILES string of the molecule is C=CC(=O)OCCCCCC(=O)Oc1ccc(N(c2ccc(C)cc2)c2ccc(C)cc2)cc1. The number of ether oxygens (including phenoxy) is 2. The first-order valence-electron chi connectivity index (χ1n) is 11.5. The monoisotopic (exact) mass is 457 g/mol. The van der Waals surface area contributed by atoms with Gasteiger partial charge in [0.2, 0.25) is 0 Å². The molecule has 3 aromatic carbocycles. The van der Waals surface area contributed by atoms with Crippen LogP contribution in [-0.4, -0.2) is 18.5 Å². The summed E-state index contributed by atoms with van der Waals surface area (Å²) in [5.74, 6) is -0.183. The summed E-state index contributed by atoms with van der Waals surface area (Å²) in [5, 5.41) is 0. The number of hydrogen-bond donors (Lipinski definition) is 0. The van der Waals surface area contributed by atoms with Crippen LogP contribution in [0.5, 0.6) is 5.75 Å². The minimum Gasteiger partial charge on any atom is -0.463 e. The number of esters is 2. The third-order valence-corrected chi connectivity index (χ3v) is 5.35. The van der Waals surface area contributed by atoms with Gasteiger partial charge in [0, 0.05) is 29.6 Å². The van der Waals surface area contributed by atoms with Gasteiger partial charge >= 0.3 is 11.9 Å². The minimum atomic E-state index is -0.425. The van der Waals surface area contributed by atoms with E-state index in [2.05, 4.69) is 73.9 Å². The molecule has 3 aromatic rings. The first-order valence-corrected chi connectivity index (χ1v) is 11.5. The summed E-state index contributed by atoms with van der Waals surface area (Å²) in [7, 11) is 0. The van der Waals surface area contributed by atoms with Crippen molar-refractivity contribution in [2.24, 2.45) is 0 Å². The lowest BCUT2D eigenvalue weighted by molar-refractivity contribution is -0.138. The fourth-order valence-corrected chi connectivity index (χ4v) is 3.46. The van der Waals surface area contributed by atoms with Crippen molar-refractivity contribution in [2.75, 3.05) is 11.5 Å². The maximum atomic E-state index is 12.2. The molecule has 0 atom stereocenters. The molecule has 5 nitrogen and oxygen atoms in total. The van der Waals surface area contributed by atoms with Crippen molar-refractivity contribution < 1.29 is 19.1 Å². The Morgan fingerprint density at radius 1 is 0.765 bits per heavy atom. The summed E-state index contributed by atoms with van der Waals surface area (Å²) >= 11 is 0. The summed E-state index contributed by atoms with van der Waals surface area (Å²) in [4.78, 5) is 25.4. The van der Waals surface area contributed by atoms with Gasteiger partial charge in [0.25, 0.3) is 0 Å². The van der Waals surface area contributed by atoms with Crippen molar-refractivity contribution in [3.8, 4) is 5.75 Å². The highest BCUT2D eigenvalue weighted by atomic mass is 16.5. The predicted molar refractivity (Wildman–Crippen MR) is 136 cm³/mol. The number of nitrogens with zero attached hydrogens (tertiary/aromatic N) is 1. The molecule has 0 aliphatic carbocycles. The van der Waals surface area contributed by atoms with E-state index in [0.717, 1.165) is 29.6 Å². The normalized spacial score (nSPS) is 10.4. The van der Waals surface area contributed by atoms with E-state index in [-0.39, 0.29) is 5.97 Å². The molecule has 0 aromatic heterocycles. The van der Waals surface area contributed by atoms with Gasteiger partial charge in [0.1, 0.15) is 5.75 Å². The molecule has 0 fully saturated rings. The highest BCUT2D eigenvalue weighted by molar-refractivity contribution is 5.81. The maximum absolute atomic E-state index is 12.2. The summed E-state index contributed by atoms with van der Waals surface area (Å²) in [5.41, 5.74) is 5.48. The number of benzene rings is 3. The van der Waals surface area contributed by atoms with Crippen molar-refractivity contribution >= 4 is 29.0 Å². The molecule has 0 saturated heterocycles. The summed E-state index contributed by atoms with van der Waals surface area (Å²) < 4.78 is 10.4. The molecule has 0 unspecified atom stereocenters. The van der Waals surface area contributed by atoms with E-state index in [4.69, 9.17) is 9.47 Å². The van der Waals surface area contributed by atoms with Crippen LogP contribution in [0.2, 0.25) is 0 Å². The zero-order valence-corrected chi connectivity index (χ0v) is 19.8. The summed E-state index contributed by atoms with van der Waals surface area (Å²) in [6.45, 7) is 7.83. The Morgan fingerprint density at radius 3 is 1.76 bits per heavy atom. The fourth-order valence-electron chi connectivity index (χ4n) is 3.46. The maximum Gasteiger partial charge on any atom is 0.330 e. The topological polar surface area (TPSA) is 55.8 Å². The summed E-state index contributed by atoms with van der Waals surface area (Å²) in [6.07, 6.45) is 3.62. The first kappa shape index (κ1) is 24.8. The van der Waals surface area contributed by atoms with Gasteiger partial charge in [-0.1, -0.05) is 42.0 Å². The molecule has 3 rings (SSSR count). The molecule has 34 heavy (non-hydrogen) atoms. The highest BCUT2D eigenvalue weighted by Gasteiger charge is 2.13. The standard InChI is InChI=1S/C29H31NO4/c1-4-28(31)33-21-7-5-6-8-29(32)34-27-19-17-26(18-20-27)30(24-13-9-22(2)10-14-24)25-15-11-23(3)12-16-25/h4,9-20H,1,5-8,21H2,2-3H3. The van der Waals surface area contributed by atoms with Crippen molar-refractivity contribution in [1.29, 1.82) is 0 Å². The lowest BCUT2D eigenvalue weighted by atomic mass is 10.1. The number of hydrogen-bond acceptors (Lipinski definition) is 5. The van der Waals surface area contributed by atoms with Gasteiger partial charge in [-0.2, -0.15) is 0 Å². The van der Waals surface area contributed by atoms with Gasteiger partial charge in [-0.25, -0.2) is 4.79 Å². The van der Waals surface area contributed by atoms with Crippen molar-refractivity contribution in [1.82, 2.24) is 0 Å². The molecule has 0 bridgehead atoms. The van der Waals surface area contributed by atoms with Crippen LogP contribution in [0.1, 0.15) is 36.8 Å². The summed E-state index contributed by atoms with van der Waals surface area (Å²) in [6, 6.07) is 24.3. The van der Waals surface area contributed by atoms with Crippen LogP contribution in [0.4, 0.5) is 17.1 Å². The second kappa shape index (κ2) is 12.4. The van der Waals surface area contributed by atoms with E-state index < -0.39 is 5.97 Å². The number of unbranched alkanes of at least 4 members (excludes halogenated alkanes) is 2. The average molecular weight is 458 g/mol. The van der Waals surface area contributed by atoms with Crippen LogP contribution < -0.4 is 9.64 Å². The van der Waals surface area contributed by atoms with Crippen molar-refractivity contribution in [3.63, 3.8) is 0 Å². The second-order valence-corrected chi connectivity index (χ2v) is 8.16. The van der Waals surface area contributed by atoms with E-state index in [9.17, 15) is 9.59 Å². The van der Waals surface area contributed by atoms with E-state index in [1.54, 1.807) is 0 Å². The Labute approximate surface area is 201 Å². The van der Waals surface area contributed by atoms with Gasteiger partial charge in [0.05, 0.1) is 6.61 Å². The van der Waals surface area contributed by atoms with Crippen LogP contribution >= 0.6 is 0 Å². The number of carbonyl (C=O) groups excluding carboxylic acids is 2. The molecule has 0 amide bonds. The minimum absolute atomic E-state index is 0.273. The van der Waals surface area contributed by atoms with Crippen LogP contribution in [0.3, 0.4) is 0 Å². The average Bonchev–Trinajstić information content (AvgIpc) is 2.84. The van der Waals surface area contributed by atoms with Crippen LogP contribution in [-0.2, 0) is 14.3 Å². The van der Waals surface area contributed by atoms with Gasteiger partial charge < -0.3 is 14.4 Å².